The van der Waals surface area contributed by atoms with Gasteiger partial charge in [-0.3, -0.25) is 0 Å². The van der Waals surface area contributed by atoms with Crippen LogP contribution in [-0.2, 0) is 13.0 Å². The molecule has 0 saturated carbocycles. The van der Waals surface area contributed by atoms with Crippen molar-refractivity contribution < 1.29 is 4.39 Å². The Labute approximate surface area is 172 Å². The highest BCUT2D eigenvalue weighted by atomic mass is 19.1. The number of aromatic nitrogens is 2. The first-order valence-electron chi connectivity index (χ1n) is 10.3. The molecule has 29 heavy (non-hydrogen) atoms. The van der Waals surface area contributed by atoms with Crippen molar-refractivity contribution in [2.24, 2.45) is 5.92 Å². The van der Waals surface area contributed by atoms with Gasteiger partial charge >= 0.3 is 0 Å². The second-order valence-corrected chi connectivity index (χ2v) is 8.20. The maximum atomic E-state index is 14.4. The molecule has 1 aromatic heterocycles. The van der Waals surface area contributed by atoms with Gasteiger partial charge in [0.2, 0.25) is 0 Å². The highest BCUT2D eigenvalue weighted by molar-refractivity contribution is 5.76. The summed E-state index contributed by atoms with van der Waals surface area (Å²) in [6.07, 6.45) is 1.08. The molecule has 0 N–H and O–H groups in total. The molecule has 1 heterocycles. The number of hydrogen-bond acceptors (Lipinski definition) is 1. The second-order valence-electron chi connectivity index (χ2n) is 8.20. The molecule has 4 rings (SSSR count). The van der Waals surface area contributed by atoms with Gasteiger partial charge in [-0.25, -0.2) is 9.37 Å². The Bertz CT molecular complexity index is 1110. The van der Waals surface area contributed by atoms with Gasteiger partial charge in [0, 0.05) is 11.5 Å². The normalized spacial score (nSPS) is 12.6. The lowest BCUT2D eigenvalue weighted by molar-refractivity contribution is 0.594. The first-order chi connectivity index (χ1) is 14.0. The zero-order valence-corrected chi connectivity index (χ0v) is 17.3. The predicted octanol–water partition coefficient (Wildman–Crippen LogP) is 6.57. The van der Waals surface area contributed by atoms with Crippen molar-refractivity contribution in [3.8, 4) is 0 Å². The summed E-state index contributed by atoms with van der Waals surface area (Å²) in [5.41, 5.74) is 5.24. The summed E-state index contributed by atoms with van der Waals surface area (Å²) < 4.78 is 16.5. The van der Waals surface area contributed by atoms with E-state index < -0.39 is 0 Å². The van der Waals surface area contributed by atoms with Crippen LogP contribution in [0.25, 0.3) is 11.0 Å². The summed E-state index contributed by atoms with van der Waals surface area (Å²) in [7, 11) is 0. The van der Waals surface area contributed by atoms with E-state index in [4.69, 9.17) is 4.98 Å². The topological polar surface area (TPSA) is 17.8 Å². The number of hydrogen-bond donors (Lipinski definition) is 0. The fourth-order valence-electron chi connectivity index (χ4n) is 3.95. The SMILES string of the molecule is CC(C)Cc1ccc([C@H](C)c2nc3ccccc3n2Cc2ccccc2F)cc1. The van der Waals surface area contributed by atoms with E-state index in [0.717, 1.165) is 23.3 Å². The molecule has 0 spiro atoms. The average Bonchev–Trinajstić information content (AvgIpc) is 3.08. The monoisotopic (exact) mass is 386 g/mol. The molecule has 0 aliphatic carbocycles. The molecule has 1 atom stereocenters. The largest absolute Gasteiger partial charge is 0.323 e. The lowest BCUT2D eigenvalue weighted by Crippen LogP contribution is -2.10. The Morgan fingerprint density at radius 1 is 0.862 bits per heavy atom. The Morgan fingerprint density at radius 3 is 2.28 bits per heavy atom. The van der Waals surface area contributed by atoms with E-state index in [2.05, 4.69) is 55.7 Å². The molecule has 4 aromatic rings. The first kappa shape index (κ1) is 19.4. The fraction of sp³-hybridized carbons (Fsp3) is 0.269. The number of para-hydroxylation sites is 2. The maximum Gasteiger partial charge on any atom is 0.128 e. The van der Waals surface area contributed by atoms with Crippen LogP contribution in [-0.4, -0.2) is 9.55 Å². The molecule has 0 aliphatic heterocycles. The third kappa shape index (κ3) is 4.09. The Balaban J connectivity index is 1.74. The Kier molecular flexibility index (Phi) is 5.48. The van der Waals surface area contributed by atoms with Crippen molar-refractivity contribution in [1.82, 2.24) is 9.55 Å². The third-order valence-electron chi connectivity index (χ3n) is 5.48. The zero-order chi connectivity index (χ0) is 20.4. The standard InChI is InChI=1S/C26H27FN2/c1-18(2)16-20-12-14-21(15-13-20)19(3)26-28-24-10-6-7-11-25(24)29(26)17-22-8-4-5-9-23(22)27/h4-15,18-19H,16-17H2,1-3H3/t19-/m0/s1. The molecular weight excluding hydrogens is 359 g/mol. The van der Waals surface area contributed by atoms with Crippen molar-refractivity contribution in [2.75, 3.05) is 0 Å². The van der Waals surface area contributed by atoms with Crippen LogP contribution in [0.1, 0.15) is 49.2 Å². The smallest absolute Gasteiger partial charge is 0.128 e. The molecule has 3 heteroatoms. The third-order valence-corrected chi connectivity index (χ3v) is 5.48. The van der Waals surface area contributed by atoms with E-state index >= 15 is 0 Å². The maximum absolute atomic E-state index is 14.4. The van der Waals surface area contributed by atoms with E-state index in [9.17, 15) is 4.39 Å². The summed E-state index contributed by atoms with van der Waals surface area (Å²) in [5.74, 6) is 1.54. The van der Waals surface area contributed by atoms with Crippen LogP contribution in [0.2, 0.25) is 0 Å². The van der Waals surface area contributed by atoms with Crippen molar-refractivity contribution in [2.45, 2.75) is 39.7 Å². The number of nitrogens with zero attached hydrogens (tertiary/aromatic N) is 2. The molecule has 2 nitrogen and oxygen atoms in total. The van der Waals surface area contributed by atoms with Crippen molar-refractivity contribution >= 4 is 11.0 Å². The van der Waals surface area contributed by atoms with Crippen LogP contribution >= 0.6 is 0 Å². The van der Waals surface area contributed by atoms with Crippen molar-refractivity contribution in [3.63, 3.8) is 0 Å². The zero-order valence-electron chi connectivity index (χ0n) is 17.3. The molecule has 3 aromatic carbocycles. The summed E-state index contributed by atoms with van der Waals surface area (Å²) in [4.78, 5) is 4.93. The number of halogens is 1. The number of fused-ring (bicyclic) bond motifs is 1. The fourth-order valence-corrected chi connectivity index (χ4v) is 3.95. The van der Waals surface area contributed by atoms with Crippen LogP contribution in [0.4, 0.5) is 4.39 Å². The van der Waals surface area contributed by atoms with E-state index in [1.807, 2.05) is 30.3 Å². The van der Waals surface area contributed by atoms with Crippen LogP contribution in [0, 0.1) is 11.7 Å². The molecule has 0 bridgehead atoms. The first-order valence-corrected chi connectivity index (χ1v) is 10.3. The number of rotatable bonds is 6. The van der Waals surface area contributed by atoms with Gasteiger partial charge in [0.25, 0.3) is 0 Å². The van der Waals surface area contributed by atoms with E-state index in [0.29, 0.717) is 18.0 Å². The lowest BCUT2D eigenvalue weighted by atomic mass is 9.96. The van der Waals surface area contributed by atoms with Crippen molar-refractivity contribution in [3.05, 3.63) is 101 Å². The summed E-state index contributed by atoms with van der Waals surface area (Å²) in [5, 5.41) is 0. The van der Waals surface area contributed by atoms with E-state index in [1.54, 1.807) is 6.07 Å². The van der Waals surface area contributed by atoms with Crippen LogP contribution in [0.5, 0.6) is 0 Å². The number of benzene rings is 3. The molecule has 0 unspecified atom stereocenters. The van der Waals surface area contributed by atoms with Gasteiger partial charge in [0.05, 0.1) is 17.6 Å². The Hall–Kier alpha value is -2.94. The predicted molar refractivity (Wildman–Crippen MR) is 118 cm³/mol. The van der Waals surface area contributed by atoms with Gasteiger partial charge in [-0.15, -0.1) is 0 Å². The summed E-state index contributed by atoms with van der Waals surface area (Å²) in [6.45, 7) is 7.12. The lowest BCUT2D eigenvalue weighted by Gasteiger charge is -2.16. The quantitative estimate of drug-likeness (QED) is 0.366. The van der Waals surface area contributed by atoms with Gasteiger partial charge in [-0.05, 0) is 41.7 Å². The van der Waals surface area contributed by atoms with Gasteiger partial charge in [-0.2, -0.15) is 0 Å². The van der Waals surface area contributed by atoms with E-state index in [-0.39, 0.29) is 11.7 Å². The molecular formula is C26H27FN2. The van der Waals surface area contributed by atoms with E-state index in [1.165, 1.54) is 17.2 Å². The van der Waals surface area contributed by atoms with Crippen molar-refractivity contribution in [1.29, 1.82) is 0 Å². The average molecular weight is 387 g/mol. The molecule has 0 aliphatic rings. The van der Waals surface area contributed by atoms with Gasteiger partial charge in [0.15, 0.2) is 0 Å². The second kappa shape index (κ2) is 8.20. The highest BCUT2D eigenvalue weighted by Crippen LogP contribution is 2.29. The Morgan fingerprint density at radius 2 is 1.55 bits per heavy atom. The molecule has 0 saturated heterocycles. The van der Waals surface area contributed by atoms with Gasteiger partial charge < -0.3 is 4.57 Å². The van der Waals surface area contributed by atoms with Crippen LogP contribution in [0.15, 0.2) is 72.8 Å². The molecule has 0 fully saturated rings. The number of imidazole rings is 1. The van der Waals surface area contributed by atoms with Gasteiger partial charge in [0.1, 0.15) is 11.6 Å². The van der Waals surface area contributed by atoms with Gasteiger partial charge in [-0.1, -0.05) is 75.4 Å². The summed E-state index contributed by atoms with van der Waals surface area (Å²) >= 11 is 0. The minimum Gasteiger partial charge on any atom is -0.323 e. The summed E-state index contributed by atoms with van der Waals surface area (Å²) in [6, 6.07) is 23.9. The molecule has 0 amide bonds. The van der Waals surface area contributed by atoms with Crippen LogP contribution < -0.4 is 0 Å². The molecule has 0 radical (unpaired) electrons. The minimum atomic E-state index is -0.179. The molecule has 148 valence electrons. The highest BCUT2D eigenvalue weighted by Gasteiger charge is 2.19. The van der Waals surface area contributed by atoms with Crippen LogP contribution in [0.3, 0.4) is 0 Å². The minimum absolute atomic E-state index is 0.113.